The second-order valence-corrected chi connectivity index (χ2v) is 6.18. The number of aliphatic carboxylic acids is 1. The summed E-state index contributed by atoms with van der Waals surface area (Å²) in [6, 6.07) is 1.09. The van der Waals surface area contributed by atoms with Gasteiger partial charge in [0, 0.05) is 31.2 Å². The van der Waals surface area contributed by atoms with Gasteiger partial charge >= 0.3 is 5.97 Å². The van der Waals surface area contributed by atoms with Crippen LogP contribution in [-0.2, 0) is 4.79 Å². The summed E-state index contributed by atoms with van der Waals surface area (Å²) in [7, 11) is 0. The van der Waals surface area contributed by atoms with Gasteiger partial charge in [-0.2, -0.15) is 0 Å². The van der Waals surface area contributed by atoms with E-state index in [0.29, 0.717) is 12.1 Å². The molecule has 2 saturated heterocycles. The van der Waals surface area contributed by atoms with Crippen molar-refractivity contribution < 1.29 is 9.90 Å². The first-order valence-corrected chi connectivity index (χ1v) is 7.45. The molecule has 0 bridgehead atoms. The monoisotopic (exact) mass is 269 g/mol. The third-order valence-electron chi connectivity index (χ3n) is 4.97. The molecule has 110 valence electrons. The predicted molar refractivity (Wildman–Crippen MR) is 75.0 cm³/mol. The lowest BCUT2D eigenvalue weighted by molar-refractivity contribution is -0.143. The van der Waals surface area contributed by atoms with Crippen LogP contribution in [0.5, 0.6) is 0 Å². The average molecular weight is 269 g/mol. The summed E-state index contributed by atoms with van der Waals surface area (Å²) in [5, 5.41) is 9.11. The standard InChI is InChI=1S/C14H27N3O2/c1-10(14(18)19)11(2)17-8-5-13(9-17)16-6-3-12(15)4-7-16/h10-13H,3-9,15H2,1-2H3,(H,18,19). The Labute approximate surface area is 115 Å². The van der Waals surface area contributed by atoms with Crippen LogP contribution in [0.1, 0.15) is 33.1 Å². The lowest BCUT2D eigenvalue weighted by atomic mass is 10.0. The third kappa shape index (κ3) is 3.46. The quantitative estimate of drug-likeness (QED) is 0.782. The van der Waals surface area contributed by atoms with Gasteiger partial charge in [0.25, 0.3) is 0 Å². The fraction of sp³-hybridized carbons (Fsp3) is 0.929. The lowest BCUT2D eigenvalue weighted by Crippen LogP contribution is -2.47. The van der Waals surface area contributed by atoms with Gasteiger partial charge in [0.2, 0.25) is 0 Å². The molecule has 3 N–H and O–H groups in total. The van der Waals surface area contributed by atoms with Gasteiger partial charge in [-0.25, -0.2) is 0 Å². The predicted octanol–water partition coefficient (Wildman–Crippen LogP) is 0.593. The molecule has 0 aliphatic carbocycles. The van der Waals surface area contributed by atoms with E-state index in [-0.39, 0.29) is 12.0 Å². The summed E-state index contributed by atoms with van der Waals surface area (Å²) in [5.41, 5.74) is 5.94. The van der Waals surface area contributed by atoms with Crippen LogP contribution in [0.25, 0.3) is 0 Å². The van der Waals surface area contributed by atoms with Crippen molar-refractivity contribution in [3.63, 3.8) is 0 Å². The highest BCUT2D eigenvalue weighted by Crippen LogP contribution is 2.23. The molecule has 0 radical (unpaired) electrons. The first-order valence-electron chi connectivity index (χ1n) is 7.45. The van der Waals surface area contributed by atoms with Crippen molar-refractivity contribution in [3.8, 4) is 0 Å². The summed E-state index contributed by atoms with van der Waals surface area (Å²) in [5.74, 6) is -0.992. The molecule has 0 saturated carbocycles. The highest BCUT2D eigenvalue weighted by atomic mass is 16.4. The number of carboxylic acid groups (broad SMARTS) is 1. The SMILES string of the molecule is CC(C(=O)O)C(C)N1CCC(N2CCC(N)CC2)C1. The minimum atomic E-state index is -0.695. The molecule has 0 aromatic rings. The first kappa shape index (κ1) is 14.8. The fourth-order valence-electron chi connectivity index (χ4n) is 3.24. The van der Waals surface area contributed by atoms with E-state index in [1.165, 1.54) is 0 Å². The Morgan fingerprint density at radius 3 is 2.42 bits per heavy atom. The van der Waals surface area contributed by atoms with E-state index in [2.05, 4.69) is 9.80 Å². The van der Waals surface area contributed by atoms with Crippen LogP contribution in [0.3, 0.4) is 0 Å². The molecule has 2 aliphatic rings. The number of carboxylic acids is 1. The maximum absolute atomic E-state index is 11.1. The zero-order chi connectivity index (χ0) is 14.0. The maximum atomic E-state index is 11.1. The van der Waals surface area contributed by atoms with Gasteiger partial charge in [0.15, 0.2) is 0 Å². The Morgan fingerprint density at radius 2 is 1.84 bits per heavy atom. The fourth-order valence-corrected chi connectivity index (χ4v) is 3.24. The molecule has 2 rings (SSSR count). The van der Waals surface area contributed by atoms with Crippen molar-refractivity contribution in [1.82, 2.24) is 9.80 Å². The van der Waals surface area contributed by atoms with Crippen LogP contribution in [0.4, 0.5) is 0 Å². The van der Waals surface area contributed by atoms with E-state index in [9.17, 15) is 4.79 Å². The van der Waals surface area contributed by atoms with Crippen molar-refractivity contribution >= 4 is 5.97 Å². The van der Waals surface area contributed by atoms with Gasteiger partial charge in [-0.3, -0.25) is 14.6 Å². The molecule has 0 aromatic heterocycles. The number of likely N-dealkylation sites (tertiary alicyclic amines) is 2. The second-order valence-electron chi connectivity index (χ2n) is 6.18. The molecule has 5 nitrogen and oxygen atoms in total. The topological polar surface area (TPSA) is 69.8 Å². The number of rotatable bonds is 4. The van der Waals surface area contributed by atoms with E-state index in [1.807, 2.05) is 6.92 Å². The number of piperidine rings is 1. The summed E-state index contributed by atoms with van der Waals surface area (Å²) >= 11 is 0. The molecule has 19 heavy (non-hydrogen) atoms. The molecular formula is C14H27N3O2. The molecule has 0 spiro atoms. The molecule has 3 unspecified atom stereocenters. The van der Waals surface area contributed by atoms with Gasteiger partial charge in [0.05, 0.1) is 5.92 Å². The third-order valence-corrected chi connectivity index (χ3v) is 4.97. The highest BCUT2D eigenvalue weighted by Gasteiger charge is 2.34. The number of hydrogen-bond acceptors (Lipinski definition) is 4. The van der Waals surface area contributed by atoms with Crippen LogP contribution < -0.4 is 5.73 Å². The average Bonchev–Trinajstić information content (AvgIpc) is 2.87. The highest BCUT2D eigenvalue weighted by molar-refractivity contribution is 5.70. The second kappa shape index (κ2) is 6.20. The number of carbonyl (C=O) groups is 1. The van der Waals surface area contributed by atoms with Crippen LogP contribution in [0.15, 0.2) is 0 Å². The molecule has 2 fully saturated rings. The van der Waals surface area contributed by atoms with Crippen LogP contribution in [0, 0.1) is 5.92 Å². The Morgan fingerprint density at radius 1 is 1.21 bits per heavy atom. The normalized spacial score (nSPS) is 30.4. The summed E-state index contributed by atoms with van der Waals surface area (Å²) in [6.07, 6.45) is 3.35. The minimum Gasteiger partial charge on any atom is -0.481 e. The van der Waals surface area contributed by atoms with Crippen molar-refractivity contribution in [2.75, 3.05) is 26.2 Å². The molecule has 0 amide bonds. The molecule has 2 aliphatic heterocycles. The Balaban J connectivity index is 1.84. The largest absolute Gasteiger partial charge is 0.481 e. The summed E-state index contributed by atoms with van der Waals surface area (Å²) in [6.45, 7) is 8.07. The van der Waals surface area contributed by atoms with Crippen LogP contribution in [0.2, 0.25) is 0 Å². The van der Waals surface area contributed by atoms with Crippen LogP contribution in [-0.4, -0.2) is 65.2 Å². The van der Waals surface area contributed by atoms with E-state index in [0.717, 1.165) is 45.4 Å². The first-order chi connectivity index (χ1) is 8.99. The van der Waals surface area contributed by atoms with Crippen LogP contribution >= 0.6 is 0 Å². The molecular weight excluding hydrogens is 242 g/mol. The summed E-state index contributed by atoms with van der Waals surface area (Å²) in [4.78, 5) is 15.9. The van der Waals surface area contributed by atoms with Crippen molar-refractivity contribution in [3.05, 3.63) is 0 Å². The zero-order valence-corrected chi connectivity index (χ0v) is 12.1. The van der Waals surface area contributed by atoms with Gasteiger partial charge < -0.3 is 10.8 Å². The Bertz CT molecular complexity index is 316. The minimum absolute atomic E-state index is 0.120. The summed E-state index contributed by atoms with van der Waals surface area (Å²) < 4.78 is 0. The Kier molecular flexibility index (Phi) is 4.81. The van der Waals surface area contributed by atoms with Crippen molar-refractivity contribution in [2.24, 2.45) is 11.7 Å². The number of hydrogen-bond donors (Lipinski definition) is 2. The maximum Gasteiger partial charge on any atom is 0.307 e. The van der Waals surface area contributed by atoms with Crippen molar-refractivity contribution in [2.45, 2.75) is 51.2 Å². The number of nitrogens with zero attached hydrogens (tertiary/aromatic N) is 2. The van der Waals surface area contributed by atoms with Gasteiger partial charge in [-0.05, 0) is 39.3 Å². The molecule has 5 heteroatoms. The smallest absolute Gasteiger partial charge is 0.307 e. The molecule has 3 atom stereocenters. The number of nitrogens with two attached hydrogens (primary N) is 1. The Hall–Kier alpha value is -0.650. The molecule has 0 aromatic carbocycles. The lowest BCUT2D eigenvalue weighted by Gasteiger charge is -2.35. The van der Waals surface area contributed by atoms with Crippen molar-refractivity contribution in [1.29, 1.82) is 0 Å². The van der Waals surface area contributed by atoms with E-state index in [4.69, 9.17) is 10.8 Å². The van der Waals surface area contributed by atoms with Gasteiger partial charge in [0.1, 0.15) is 0 Å². The zero-order valence-electron chi connectivity index (χ0n) is 12.1. The van der Waals surface area contributed by atoms with E-state index in [1.54, 1.807) is 6.92 Å². The molecule has 2 heterocycles. The van der Waals surface area contributed by atoms with E-state index >= 15 is 0 Å². The van der Waals surface area contributed by atoms with Gasteiger partial charge in [-0.15, -0.1) is 0 Å². The van der Waals surface area contributed by atoms with Gasteiger partial charge in [-0.1, -0.05) is 6.92 Å². The van der Waals surface area contributed by atoms with E-state index < -0.39 is 5.97 Å².